The summed E-state index contributed by atoms with van der Waals surface area (Å²) in [6.07, 6.45) is 0. The summed E-state index contributed by atoms with van der Waals surface area (Å²) in [6, 6.07) is 11.6. The highest BCUT2D eigenvalue weighted by atomic mass is 79.9. The molecule has 100 valence electrons. The lowest BCUT2D eigenvalue weighted by Gasteiger charge is -2.39. The zero-order valence-corrected chi connectivity index (χ0v) is 13.6. The van der Waals surface area contributed by atoms with Gasteiger partial charge in [-0.25, -0.2) is 0 Å². The van der Waals surface area contributed by atoms with Gasteiger partial charge in [-0.1, -0.05) is 53.2 Å². The van der Waals surface area contributed by atoms with Crippen LogP contribution in [0.25, 0.3) is 0 Å². The molecule has 3 unspecified atom stereocenters. The van der Waals surface area contributed by atoms with Gasteiger partial charge in [0.25, 0.3) is 0 Å². The van der Waals surface area contributed by atoms with E-state index in [0.717, 1.165) is 10.6 Å². The van der Waals surface area contributed by atoms with E-state index in [-0.39, 0.29) is 0 Å². The normalized spacial score (nSPS) is 27.1. The molecule has 0 spiro atoms. The Kier molecular flexibility index (Phi) is 5.58. The van der Waals surface area contributed by atoms with Gasteiger partial charge >= 0.3 is 0 Å². The average molecular weight is 328 g/mol. The molecule has 1 aromatic carbocycles. The molecule has 3 heteroatoms. The zero-order chi connectivity index (χ0) is 13.0. The molecule has 1 aromatic rings. The third-order valence-electron chi connectivity index (χ3n) is 3.93. The Hall–Kier alpha value is 0.0100. The highest BCUT2D eigenvalue weighted by molar-refractivity contribution is 9.09. The van der Waals surface area contributed by atoms with Crippen molar-refractivity contribution in [3.8, 4) is 0 Å². The SMILES string of the molecule is CC1SCCN(CC(CBr)c2ccccc2)C1C. The minimum atomic E-state index is 0.601. The van der Waals surface area contributed by atoms with E-state index >= 15 is 0 Å². The van der Waals surface area contributed by atoms with Gasteiger partial charge in [-0.3, -0.25) is 4.90 Å². The molecule has 2 rings (SSSR count). The molecule has 1 saturated heterocycles. The van der Waals surface area contributed by atoms with Crippen LogP contribution in [0, 0.1) is 0 Å². The lowest BCUT2D eigenvalue weighted by atomic mass is 9.99. The van der Waals surface area contributed by atoms with Crippen molar-refractivity contribution >= 4 is 27.7 Å². The fraction of sp³-hybridized carbons (Fsp3) is 0.600. The molecule has 0 radical (unpaired) electrons. The van der Waals surface area contributed by atoms with Crippen LogP contribution in [0.1, 0.15) is 25.3 Å². The monoisotopic (exact) mass is 327 g/mol. The maximum atomic E-state index is 3.68. The van der Waals surface area contributed by atoms with Crippen molar-refractivity contribution in [2.75, 3.05) is 24.2 Å². The van der Waals surface area contributed by atoms with Crippen molar-refractivity contribution in [3.05, 3.63) is 35.9 Å². The minimum Gasteiger partial charge on any atom is -0.298 e. The highest BCUT2D eigenvalue weighted by Gasteiger charge is 2.27. The summed E-state index contributed by atoms with van der Waals surface area (Å²) in [6.45, 7) is 7.12. The lowest BCUT2D eigenvalue weighted by Crippen LogP contribution is -2.46. The van der Waals surface area contributed by atoms with Crippen LogP contribution in [0.2, 0.25) is 0 Å². The Morgan fingerprint density at radius 3 is 2.72 bits per heavy atom. The van der Waals surface area contributed by atoms with E-state index < -0.39 is 0 Å². The van der Waals surface area contributed by atoms with Crippen LogP contribution in [0.3, 0.4) is 0 Å². The molecule has 1 heterocycles. The second kappa shape index (κ2) is 6.97. The molecule has 0 saturated carbocycles. The third-order valence-corrected chi connectivity index (χ3v) is 6.05. The van der Waals surface area contributed by atoms with Crippen LogP contribution in [0.15, 0.2) is 30.3 Å². The van der Waals surface area contributed by atoms with Gasteiger partial charge < -0.3 is 0 Å². The maximum absolute atomic E-state index is 3.68. The molecule has 0 aliphatic carbocycles. The Labute approximate surface area is 123 Å². The standard InChI is InChI=1S/C15H22BrNS/c1-12-13(2)18-9-8-17(12)11-15(10-16)14-6-4-3-5-7-14/h3-7,12-13,15H,8-11H2,1-2H3. The second-order valence-corrected chi connectivity index (χ2v) is 7.21. The summed E-state index contributed by atoms with van der Waals surface area (Å²) in [5, 5.41) is 1.80. The number of rotatable bonds is 4. The van der Waals surface area contributed by atoms with E-state index in [1.807, 2.05) is 0 Å². The quantitative estimate of drug-likeness (QED) is 0.769. The van der Waals surface area contributed by atoms with E-state index in [1.54, 1.807) is 0 Å². The fourth-order valence-corrected chi connectivity index (χ4v) is 4.25. The summed E-state index contributed by atoms with van der Waals surface area (Å²) in [5.41, 5.74) is 1.45. The Bertz CT molecular complexity index is 357. The summed E-state index contributed by atoms with van der Waals surface area (Å²) < 4.78 is 0. The van der Waals surface area contributed by atoms with Gasteiger partial charge in [-0.05, 0) is 12.5 Å². The Morgan fingerprint density at radius 2 is 2.06 bits per heavy atom. The van der Waals surface area contributed by atoms with Crippen LogP contribution in [-0.4, -0.2) is 40.4 Å². The lowest BCUT2D eigenvalue weighted by molar-refractivity contribution is 0.204. The van der Waals surface area contributed by atoms with E-state index in [9.17, 15) is 0 Å². The molecular formula is C15H22BrNS. The van der Waals surface area contributed by atoms with Crippen LogP contribution in [-0.2, 0) is 0 Å². The number of benzene rings is 1. The van der Waals surface area contributed by atoms with Gasteiger partial charge in [0, 0.05) is 41.4 Å². The highest BCUT2D eigenvalue weighted by Crippen LogP contribution is 2.27. The smallest absolute Gasteiger partial charge is 0.0184 e. The molecule has 18 heavy (non-hydrogen) atoms. The van der Waals surface area contributed by atoms with Gasteiger partial charge in [-0.2, -0.15) is 11.8 Å². The van der Waals surface area contributed by atoms with Crippen molar-refractivity contribution < 1.29 is 0 Å². The summed E-state index contributed by atoms with van der Waals surface area (Å²) >= 11 is 5.79. The van der Waals surface area contributed by atoms with E-state index in [1.165, 1.54) is 24.4 Å². The largest absolute Gasteiger partial charge is 0.298 e. The van der Waals surface area contributed by atoms with Gasteiger partial charge in [0.05, 0.1) is 0 Å². The first-order chi connectivity index (χ1) is 8.72. The molecule has 1 aliphatic rings. The third kappa shape index (κ3) is 3.52. The van der Waals surface area contributed by atoms with E-state index in [0.29, 0.717) is 12.0 Å². The predicted octanol–water partition coefficient (Wildman–Crippen LogP) is 3.99. The van der Waals surface area contributed by atoms with Crippen molar-refractivity contribution in [1.29, 1.82) is 0 Å². The summed E-state index contributed by atoms with van der Waals surface area (Å²) in [4.78, 5) is 2.65. The van der Waals surface area contributed by atoms with Gasteiger partial charge in [0.1, 0.15) is 0 Å². The topological polar surface area (TPSA) is 3.24 Å². The number of hydrogen-bond donors (Lipinski definition) is 0. The number of halogens is 1. The number of hydrogen-bond acceptors (Lipinski definition) is 2. The molecule has 0 amide bonds. The molecule has 1 fully saturated rings. The minimum absolute atomic E-state index is 0.601. The second-order valence-electron chi connectivity index (χ2n) is 5.07. The van der Waals surface area contributed by atoms with Crippen LogP contribution >= 0.6 is 27.7 Å². The van der Waals surface area contributed by atoms with Crippen molar-refractivity contribution in [2.45, 2.75) is 31.1 Å². The maximum Gasteiger partial charge on any atom is 0.0184 e. The fourth-order valence-electron chi connectivity index (χ4n) is 2.50. The molecule has 0 bridgehead atoms. The molecule has 1 nitrogen and oxygen atoms in total. The first-order valence-corrected chi connectivity index (χ1v) is 8.86. The van der Waals surface area contributed by atoms with E-state index in [4.69, 9.17) is 0 Å². The molecule has 0 N–H and O–H groups in total. The van der Waals surface area contributed by atoms with Gasteiger partial charge in [-0.15, -0.1) is 0 Å². The van der Waals surface area contributed by atoms with Gasteiger partial charge in [0.15, 0.2) is 0 Å². The molecule has 3 atom stereocenters. The van der Waals surface area contributed by atoms with Crippen LogP contribution in [0.4, 0.5) is 0 Å². The summed E-state index contributed by atoms with van der Waals surface area (Å²) in [7, 11) is 0. The van der Waals surface area contributed by atoms with Crippen LogP contribution < -0.4 is 0 Å². The first-order valence-electron chi connectivity index (χ1n) is 6.69. The van der Waals surface area contributed by atoms with Gasteiger partial charge in [0.2, 0.25) is 0 Å². The Morgan fingerprint density at radius 1 is 1.33 bits per heavy atom. The predicted molar refractivity (Wildman–Crippen MR) is 85.9 cm³/mol. The first kappa shape index (κ1) is 14.4. The molecule has 0 aromatic heterocycles. The average Bonchev–Trinajstić information content (AvgIpc) is 2.41. The number of alkyl halides is 1. The zero-order valence-electron chi connectivity index (χ0n) is 11.2. The summed E-state index contributed by atoms with van der Waals surface area (Å²) in [5.74, 6) is 1.87. The van der Waals surface area contributed by atoms with Crippen LogP contribution in [0.5, 0.6) is 0 Å². The van der Waals surface area contributed by atoms with Crippen molar-refractivity contribution in [1.82, 2.24) is 4.90 Å². The Balaban J connectivity index is 2.02. The number of thioether (sulfide) groups is 1. The molecule has 1 aliphatic heterocycles. The number of nitrogens with zero attached hydrogens (tertiary/aromatic N) is 1. The van der Waals surface area contributed by atoms with Crippen molar-refractivity contribution in [2.24, 2.45) is 0 Å². The molecular weight excluding hydrogens is 306 g/mol. The van der Waals surface area contributed by atoms with Crippen molar-refractivity contribution in [3.63, 3.8) is 0 Å². The van der Waals surface area contributed by atoms with E-state index in [2.05, 4.69) is 76.8 Å².